The topological polar surface area (TPSA) is 38.9 Å². The van der Waals surface area contributed by atoms with Crippen LogP contribution >= 0.6 is 0 Å². The molecule has 0 aromatic carbocycles. The molecule has 2 N–H and O–H groups in total. The van der Waals surface area contributed by atoms with Crippen LogP contribution in [0.1, 0.15) is 18.2 Å². The molecule has 0 spiro atoms. The van der Waals surface area contributed by atoms with Gasteiger partial charge in [0.25, 0.3) is 0 Å². The summed E-state index contributed by atoms with van der Waals surface area (Å²) >= 11 is 0. The third-order valence-electron chi connectivity index (χ3n) is 1.70. The first-order chi connectivity index (χ1) is 5.95. The van der Waals surface area contributed by atoms with Gasteiger partial charge in [-0.2, -0.15) is 13.2 Å². The third-order valence-corrected chi connectivity index (χ3v) is 1.70. The predicted molar refractivity (Wildman–Crippen MR) is 43.0 cm³/mol. The summed E-state index contributed by atoms with van der Waals surface area (Å²) in [5.74, 6) is 0. The van der Waals surface area contributed by atoms with E-state index in [2.05, 4.69) is 4.98 Å². The number of rotatable bonds is 1. The number of nitrogen functional groups attached to an aromatic ring is 1. The van der Waals surface area contributed by atoms with E-state index in [-0.39, 0.29) is 0 Å². The Bertz CT molecular complexity index is 307. The van der Waals surface area contributed by atoms with Crippen LogP contribution in [0.25, 0.3) is 0 Å². The predicted octanol–water partition coefficient (Wildman–Crippen LogP) is 2.25. The van der Waals surface area contributed by atoms with Crippen LogP contribution in [-0.2, 0) is 12.6 Å². The Balaban J connectivity index is 3.14. The number of hydrogen-bond acceptors (Lipinski definition) is 2. The summed E-state index contributed by atoms with van der Waals surface area (Å²) in [5, 5.41) is 0. The molecular weight excluding hydrogens is 181 g/mol. The molecule has 0 bridgehead atoms. The summed E-state index contributed by atoms with van der Waals surface area (Å²) in [7, 11) is 0. The van der Waals surface area contributed by atoms with E-state index in [1.54, 1.807) is 6.92 Å². The van der Waals surface area contributed by atoms with Crippen molar-refractivity contribution in [1.82, 2.24) is 4.98 Å². The molecule has 0 amide bonds. The fourth-order valence-corrected chi connectivity index (χ4v) is 0.969. The van der Waals surface area contributed by atoms with Gasteiger partial charge in [-0.05, 0) is 18.1 Å². The molecule has 1 rings (SSSR count). The highest BCUT2D eigenvalue weighted by Gasteiger charge is 2.32. The second-order valence-corrected chi connectivity index (χ2v) is 2.62. The number of hydrogen-bond donors (Lipinski definition) is 1. The van der Waals surface area contributed by atoms with E-state index in [1.807, 2.05) is 0 Å². The molecule has 0 aliphatic carbocycles. The van der Waals surface area contributed by atoms with Crippen LogP contribution in [0.3, 0.4) is 0 Å². The van der Waals surface area contributed by atoms with E-state index >= 15 is 0 Å². The van der Waals surface area contributed by atoms with Crippen LogP contribution in [0.2, 0.25) is 0 Å². The molecule has 0 aliphatic heterocycles. The Morgan fingerprint density at radius 2 is 2.08 bits per heavy atom. The maximum atomic E-state index is 12.1. The molecule has 0 unspecified atom stereocenters. The lowest BCUT2D eigenvalue weighted by Gasteiger charge is -2.08. The van der Waals surface area contributed by atoms with Gasteiger partial charge in [-0.25, -0.2) is 4.98 Å². The molecule has 72 valence electrons. The van der Waals surface area contributed by atoms with Gasteiger partial charge in [0.15, 0.2) is 0 Å². The van der Waals surface area contributed by atoms with Crippen molar-refractivity contribution in [3.8, 4) is 0 Å². The van der Waals surface area contributed by atoms with E-state index < -0.39 is 11.9 Å². The normalized spacial score (nSPS) is 11.7. The minimum Gasteiger partial charge on any atom is -0.397 e. The van der Waals surface area contributed by atoms with Gasteiger partial charge in [0, 0.05) is 0 Å². The summed E-state index contributed by atoms with van der Waals surface area (Å²) in [5.41, 5.74) is 5.30. The van der Waals surface area contributed by atoms with Crippen LogP contribution in [0.5, 0.6) is 0 Å². The number of alkyl halides is 3. The van der Waals surface area contributed by atoms with Gasteiger partial charge in [-0.1, -0.05) is 6.92 Å². The minimum atomic E-state index is -4.39. The number of nitrogens with two attached hydrogens (primary N) is 1. The Kier molecular flexibility index (Phi) is 2.45. The third kappa shape index (κ3) is 2.11. The Morgan fingerprint density at radius 3 is 2.54 bits per heavy atom. The van der Waals surface area contributed by atoms with Gasteiger partial charge < -0.3 is 5.73 Å². The standard InChI is InChI=1S/C8H9F3N2/c1-2-5-3-7(8(9,10)11)13-4-6(5)12/h3-4H,2,12H2,1H3. The van der Waals surface area contributed by atoms with Crippen LogP contribution in [0.15, 0.2) is 12.3 Å². The lowest BCUT2D eigenvalue weighted by atomic mass is 10.1. The van der Waals surface area contributed by atoms with E-state index in [9.17, 15) is 13.2 Å². The Hall–Kier alpha value is -1.26. The van der Waals surface area contributed by atoms with Crippen LogP contribution in [0.4, 0.5) is 18.9 Å². The molecule has 0 atom stereocenters. The first kappa shape index (κ1) is 9.83. The van der Waals surface area contributed by atoms with Crippen molar-refractivity contribution in [3.63, 3.8) is 0 Å². The van der Waals surface area contributed by atoms with Gasteiger partial charge >= 0.3 is 6.18 Å². The number of pyridine rings is 1. The smallest absolute Gasteiger partial charge is 0.397 e. The molecule has 5 heteroatoms. The van der Waals surface area contributed by atoms with E-state index in [4.69, 9.17) is 5.73 Å². The summed E-state index contributed by atoms with van der Waals surface area (Å²) in [4.78, 5) is 3.21. The van der Waals surface area contributed by atoms with E-state index in [1.165, 1.54) is 0 Å². The number of aromatic nitrogens is 1. The molecule has 1 aromatic heterocycles. The Labute approximate surface area is 73.6 Å². The van der Waals surface area contributed by atoms with Crippen LogP contribution in [0, 0.1) is 0 Å². The zero-order chi connectivity index (χ0) is 10.1. The lowest BCUT2D eigenvalue weighted by molar-refractivity contribution is -0.141. The van der Waals surface area contributed by atoms with Crippen molar-refractivity contribution in [2.75, 3.05) is 5.73 Å². The molecule has 13 heavy (non-hydrogen) atoms. The minimum absolute atomic E-state index is 0.301. The largest absolute Gasteiger partial charge is 0.433 e. The summed E-state index contributed by atoms with van der Waals surface area (Å²) < 4.78 is 36.4. The molecule has 0 saturated carbocycles. The van der Waals surface area contributed by atoms with E-state index in [0.29, 0.717) is 17.7 Å². The van der Waals surface area contributed by atoms with Crippen LogP contribution in [-0.4, -0.2) is 4.98 Å². The quantitative estimate of drug-likeness (QED) is 0.737. The average molecular weight is 190 g/mol. The molecular formula is C8H9F3N2. The number of aryl methyl sites for hydroxylation is 1. The van der Waals surface area contributed by atoms with Crippen molar-refractivity contribution in [3.05, 3.63) is 23.5 Å². The van der Waals surface area contributed by atoms with Gasteiger partial charge in [-0.3, -0.25) is 0 Å². The highest BCUT2D eigenvalue weighted by Crippen LogP contribution is 2.29. The van der Waals surface area contributed by atoms with Gasteiger partial charge in [0.2, 0.25) is 0 Å². The lowest BCUT2D eigenvalue weighted by Crippen LogP contribution is -2.09. The first-order valence-corrected chi connectivity index (χ1v) is 3.76. The zero-order valence-corrected chi connectivity index (χ0v) is 7.02. The first-order valence-electron chi connectivity index (χ1n) is 3.76. The fourth-order valence-electron chi connectivity index (χ4n) is 0.969. The maximum absolute atomic E-state index is 12.1. The van der Waals surface area contributed by atoms with Crippen molar-refractivity contribution < 1.29 is 13.2 Å². The fraction of sp³-hybridized carbons (Fsp3) is 0.375. The summed E-state index contributed by atoms with van der Waals surface area (Å²) in [6.07, 6.45) is -2.88. The molecule has 0 radical (unpaired) electrons. The van der Waals surface area contributed by atoms with Gasteiger partial charge in [-0.15, -0.1) is 0 Å². The van der Waals surface area contributed by atoms with Crippen molar-refractivity contribution in [1.29, 1.82) is 0 Å². The number of nitrogens with zero attached hydrogens (tertiary/aromatic N) is 1. The highest BCUT2D eigenvalue weighted by atomic mass is 19.4. The van der Waals surface area contributed by atoms with Crippen molar-refractivity contribution in [2.24, 2.45) is 0 Å². The maximum Gasteiger partial charge on any atom is 0.433 e. The second-order valence-electron chi connectivity index (χ2n) is 2.62. The van der Waals surface area contributed by atoms with Crippen molar-refractivity contribution >= 4 is 5.69 Å². The van der Waals surface area contributed by atoms with Gasteiger partial charge in [0.05, 0.1) is 11.9 Å². The molecule has 0 fully saturated rings. The monoisotopic (exact) mass is 190 g/mol. The average Bonchev–Trinajstić information content (AvgIpc) is 2.03. The molecule has 1 aromatic rings. The number of anilines is 1. The SMILES string of the molecule is CCc1cc(C(F)(F)F)ncc1N. The summed E-state index contributed by atoms with van der Waals surface area (Å²) in [6.45, 7) is 1.74. The molecule has 2 nitrogen and oxygen atoms in total. The van der Waals surface area contributed by atoms with Crippen molar-refractivity contribution in [2.45, 2.75) is 19.5 Å². The van der Waals surface area contributed by atoms with Gasteiger partial charge in [0.1, 0.15) is 5.69 Å². The summed E-state index contributed by atoms with van der Waals surface area (Å²) in [6, 6.07) is 0.981. The van der Waals surface area contributed by atoms with Crippen LogP contribution < -0.4 is 5.73 Å². The molecule has 0 saturated heterocycles. The Morgan fingerprint density at radius 1 is 1.46 bits per heavy atom. The molecule has 0 aliphatic rings. The highest BCUT2D eigenvalue weighted by molar-refractivity contribution is 5.45. The second kappa shape index (κ2) is 3.24. The molecule has 1 heterocycles. The number of halogens is 3. The zero-order valence-electron chi connectivity index (χ0n) is 7.02. The van der Waals surface area contributed by atoms with E-state index in [0.717, 1.165) is 12.3 Å².